The highest BCUT2D eigenvalue weighted by Crippen LogP contribution is 2.18. The van der Waals surface area contributed by atoms with E-state index in [1.165, 1.54) is 10.5 Å². The monoisotopic (exact) mass is 317 g/mol. The highest BCUT2D eigenvalue weighted by atomic mass is 16.3. The van der Waals surface area contributed by atoms with Crippen LogP contribution in [-0.2, 0) is 6.54 Å². The van der Waals surface area contributed by atoms with Crippen LogP contribution in [0.25, 0.3) is 11.5 Å². The number of carbonyl (C=O) groups excluding carboxylic acids is 1. The minimum atomic E-state index is -0.419. The Morgan fingerprint density at radius 1 is 1.39 bits per heavy atom. The van der Waals surface area contributed by atoms with Crippen LogP contribution in [0.3, 0.4) is 0 Å². The molecular formula is C17H23N3O3. The molecule has 0 aliphatic heterocycles. The van der Waals surface area contributed by atoms with Crippen molar-refractivity contribution in [3.63, 3.8) is 0 Å². The third-order valence-corrected chi connectivity index (χ3v) is 3.50. The van der Waals surface area contributed by atoms with Gasteiger partial charge in [-0.15, -0.1) is 0 Å². The number of aliphatic hydroxyl groups excluding tert-OH is 1. The second-order valence-electron chi connectivity index (χ2n) is 5.73. The molecule has 0 spiro atoms. The maximum atomic E-state index is 11.9. The van der Waals surface area contributed by atoms with E-state index in [1.807, 2.05) is 31.2 Å². The van der Waals surface area contributed by atoms with E-state index in [4.69, 9.17) is 4.42 Å². The number of carbonyl (C=O) groups is 1. The Balaban J connectivity index is 1.87. The maximum Gasteiger partial charge on any atom is 0.317 e. The molecule has 0 aliphatic carbocycles. The predicted octanol–water partition coefficient (Wildman–Crippen LogP) is 2.56. The number of nitrogens with one attached hydrogen (secondary N) is 1. The van der Waals surface area contributed by atoms with Gasteiger partial charge >= 0.3 is 6.03 Å². The van der Waals surface area contributed by atoms with Crippen LogP contribution in [-0.4, -0.2) is 40.7 Å². The molecule has 6 heteroatoms. The fourth-order valence-electron chi connectivity index (χ4n) is 2.00. The molecule has 0 saturated heterocycles. The number of hydrogen-bond acceptors (Lipinski definition) is 4. The van der Waals surface area contributed by atoms with Gasteiger partial charge in [0, 0.05) is 19.2 Å². The molecular weight excluding hydrogens is 294 g/mol. The number of aromatic nitrogens is 1. The summed E-state index contributed by atoms with van der Waals surface area (Å²) in [4.78, 5) is 17.8. The standard InChI is InChI=1S/C17H23N3O3/c1-12-4-6-14(7-5-12)16-19-15(11-23-16)10-18-17(22)20(3)9-8-13(2)21/h4-7,11,13,21H,8-10H2,1-3H3,(H,18,22). The van der Waals surface area contributed by atoms with Crippen LogP contribution >= 0.6 is 0 Å². The fraction of sp³-hybridized carbons (Fsp3) is 0.412. The van der Waals surface area contributed by atoms with Gasteiger partial charge in [0.15, 0.2) is 0 Å². The van der Waals surface area contributed by atoms with E-state index in [-0.39, 0.29) is 6.03 Å². The van der Waals surface area contributed by atoms with Gasteiger partial charge in [-0.2, -0.15) is 0 Å². The molecule has 0 bridgehead atoms. The summed E-state index contributed by atoms with van der Waals surface area (Å²) in [6.45, 7) is 4.52. The zero-order valence-electron chi connectivity index (χ0n) is 13.7. The largest absolute Gasteiger partial charge is 0.444 e. The van der Waals surface area contributed by atoms with E-state index in [9.17, 15) is 9.90 Å². The number of amides is 2. The SMILES string of the molecule is Cc1ccc(-c2nc(CNC(=O)N(C)CCC(C)O)co2)cc1. The number of benzene rings is 1. The van der Waals surface area contributed by atoms with Crippen molar-refractivity contribution in [2.24, 2.45) is 0 Å². The van der Waals surface area contributed by atoms with Crippen molar-refractivity contribution in [2.45, 2.75) is 32.9 Å². The number of hydrogen-bond donors (Lipinski definition) is 2. The number of aliphatic hydroxyl groups is 1. The Hall–Kier alpha value is -2.34. The highest BCUT2D eigenvalue weighted by Gasteiger charge is 2.11. The minimum absolute atomic E-state index is 0.203. The number of oxazole rings is 1. The highest BCUT2D eigenvalue weighted by molar-refractivity contribution is 5.73. The number of nitrogens with zero attached hydrogens (tertiary/aromatic N) is 2. The van der Waals surface area contributed by atoms with Gasteiger partial charge in [0.2, 0.25) is 5.89 Å². The van der Waals surface area contributed by atoms with E-state index < -0.39 is 6.10 Å². The Labute approximate surface area is 136 Å². The Morgan fingerprint density at radius 3 is 2.74 bits per heavy atom. The van der Waals surface area contributed by atoms with Crippen molar-refractivity contribution in [2.75, 3.05) is 13.6 Å². The molecule has 0 saturated carbocycles. The first-order valence-electron chi connectivity index (χ1n) is 7.64. The van der Waals surface area contributed by atoms with E-state index in [2.05, 4.69) is 10.3 Å². The van der Waals surface area contributed by atoms with Crippen LogP contribution in [0.5, 0.6) is 0 Å². The van der Waals surface area contributed by atoms with Gasteiger partial charge in [-0.3, -0.25) is 0 Å². The fourth-order valence-corrected chi connectivity index (χ4v) is 2.00. The molecule has 1 aromatic heterocycles. The molecule has 1 atom stereocenters. The van der Waals surface area contributed by atoms with Gasteiger partial charge in [-0.25, -0.2) is 9.78 Å². The number of aryl methyl sites for hydroxylation is 1. The molecule has 1 heterocycles. The second kappa shape index (κ2) is 7.78. The molecule has 0 aliphatic rings. The van der Waals surface area contributed by atoms with Crippen molar-refractivity contribution in [1.29, 1.82) is 0 Å². The molecule has 1 aromatic carbocycles. The van der Waals surface area contributed by atoms with E-state index in [0.717, 1.165) is 5.56 Å². The van der Waals surface area contributed by atoms with Gasteiger partial charge in [0.05, 0.1) is 18.3 Å². The molecule has 124 valence electrons. The zero-order valence-corrected chi connectivity index (χ0v) is 13.7. The smallest absolute Gasteiger partial charge is 0.317 e. The van der Waals surface area contributed by atoms with Crippen molar-refractivity contribution >= 4 is 6.03 Å². The lowest BCUT2D eigenvalue weighted by Gasteiger charge is -2.18. The first-order chi connectivity index (χ1) is 11.0. The molecule has 2 rings (SSSR count). The number of urea groups is 1. The minimum Gasteiger partial charge on any atom is -0.444 e. The normalized spacial score (nSPS) is 12.0. The summed E-state index contributed by atoms with van der Waals surface area (Å²) >= 11 is 0. The van der Waals surface area contributed by atoms with Gasteiger partial charge in [0.25, 0.3) is 0 Å². The van der Waals surface area contributed by atoms with Crippen LogP contribution in [0.4, 0.5) is 4.79 Å². The van der Waals surface area contributed by atoms with Gasteiger partial charge < -0.3 is 19.7 Å². The van der Waals surface area contributed by atoms with E-state index in [0.29, 0.717) is 31.1 Å². The maximum absolute atomic E-state index is 11.9. The Bertz CT molecular complexity index is 635. The summed E-state index contributed by atoms with van der Waals surface area (Å²) in [6, 6.07) is 7.70. The average Bonchev–Trinajstić information content (AvgIpc) is 2.99. The summed E-state index contributed by atoms with van der Waals surface area (Å²) < 4.78 is 5.45. The van der Waals surface area contributed by atoms with Crippen LogP contribution in [0.1, 0.15) is 24.6 Å². The zero-order chi connectivity index (χ0) is 16.8. The van der Waals surface area contributed by atoms with Crippen molar-refractivity contribution in [3.05, 3.63) is 41.8 Å². The first-order valence-corrected chi connectivity index (χ1v) is 7.64. The Morgan fingerprint density at radius 2 is 2.09 bits per heavy atom. The van der Waals surface area contributed by atoms with Crippen LogP contribution < -0.4 is 5.32 Å². The predicted molar refractivity (Wildman–Crippen MR) is 87.8 cm³/mol. The molecule has 6 nitrogen and oxygen atoms in total. The lowest BCUT2D eigenvalue weighted by atomic mass is 10.1. The van der Waals surface area contributed by atoms with Gasteiger partial charge in [-0.05, 0) is 32.4 Å². The summed E-state index contributed by atoms with van der Waals surface area (Å²) in [5.41, 5.74) is 2.74. The summed E-state index contributed by atoms with van der Waals surface area (Å²) in [5.74, 6) is 0.539. The van der Waals surface area contributed by atoms with Crippen molar-refractivity contribution < 1.29 is 14.3 Å². The Kier molecular flexibility index (Phi) is 5.76. The second-order valence-corrected chi connectivity index (χ2v) is 5.73. The molecule has 0 fully saturated rings. The van der Waals surface area contributed by atoms with Crippen molar-refractivity contribution in [1.82, 2.24) is 15.2 Å². The number of rotatable bonds is 6. The van der Waals surface area contributed by atoms with Crippen LogP contribution in [0.15, 0.2) is 34.9 Å². The summed E-state index contributed by atoms with van der Waals surface area (Å²) in [6.07, 6.45) is 1.68. The van der Waals surface area contributed by atoms with Gasteiger partial charge in [0.1, 0.15) is 6.26 Å². The lowest BCUT2D eigenvalue weighted by Crippen LogP contribution is -2.38. The van der Waals surface area contributed by atoms with Crippen LogP contribution in [0.2, 0.25) is 0 Å². The quantitative estimate of drug-likeness (QED) is 0.858. The van der Waals surface area contributed by atoms with E-state index in [1.54, 1.807) is 20.2 Å². The molecule has 0 radical (unpaired) electrons. The third-order valence-electron chi connectivity index (χ3n) is 3.50. The summed E-state index contributed by atoms with van der Waals surface area (Å²) in [5, 5.41) is 12.0. The van der Waals surface area contributed by atoms with E-state index >= 15 is 0 Å². The van der Waals surface area contributed by atoms with Gasteiger partial charge in [-0.1, -0.05) is 17.7 Å². The average molecular weight is 317 g/mol. The molecule has 23 heavy (non-hydrogen) atoms. The summed E-state index contributed by atoms with van der Waals surface area (Å²) in [7, 11) is 1.69. The lowest BCUT2D eigenvalue weighted by molar-refractivity contribution is 0.163. The molecule has 2 aromatic rings. The molecule has 1 unspecified atom stereocenters. The van der Waals surface area contributed by atoms with Crippen molar-refractivity contribution in [3.8, 4) is 11.5 Å². The molecule has 2 N–H and O–H groups in total. The third kappa shape index (κ3) is 5.10. The first kappa shape index (κ1) is 17.0. The molecule has 2 amide bonds. The van der Waals surface area contributed by atoms with Crippen LogP contribution in [0, 0.1) is 6.92 Å². The topological polar surface area (TPSA) is 78.6 Å².